The maximum Gasteiger partial charge on any atom is 0.226 e. The molecule has 0 unspecified atom stereocenters. The molecule has 6 nitrogen and oxygen atoms in total. The first-order valence-corrected chi connectivity index (χ1v) is 8.53. The number of nitrogens with zero attached hydrogens (tertiary/aromatic N) is 4. The van der Waals surface area contributed by atoms with Crippen LogP contribution in [0.1, 0.15) is 24.9 Å². The van der Waals surface area contributed by atoms with Crippen LogP contribution < -0.4 is 4.74 Å². The summed E-state index contributed by atoms with van der Waals surface area (Å²) < 4.78 is 7.30. The Morgan fingerprint density at radius 2 is 1.88 bits per heavy atom. The summed E-state index contributed by atoms with van der Waals surface area (Å²) >= 11 is 0. The predicted octanol–water partition coefficient (Wildman–Crippen LogP) is 3.26. The van der Waals surface area contributed by atoms with E-state index in [4.69, 9.17) is 4.74 Å². The molecule has 26 heavy (non-hydrogen) atoms. The van der Waals surface area contributed by atoms with Crippen LogP contribution in [-0.4, -0.2) is 39.2 Å². The quantitative estimate of drug-likeness (QED) is 0.656. The van der Waals surface area contributed by atoms with Crippen molar-refractivity contribution in [2.24, 2.45) is 0 Å². The number of carbonyl (C=O) groups excluding carboxylic acids is 1. The highest BCUT2D eigenvalue weighted by molar-refractivity contribution is 5.76. The smallest absolute Gasteiger partial charge is 0.226 e. The molecule has 0 N–H and O–H groups in total. The number of ether oxygens (including phenoxy) is 1. The topological polar surface area (TPSA) is 60.2 Å². The van der Waals surface area contributed by atoms with Gasteiger partial charge in [-0.05, 0) is 36.8 Å². The average molecular weight is 350 g/mol. The van der Waals surface area contributed by atoms with Gasteiger partial charge in [0.05, 0.1) is 24.8 Å². The van der Waals surface area contributed by atoms with Crippen LogP contribution >= 0.6 is 0 Å². The minimum absolute atomic E-state index is 0.0241. The Balaban J connectivity index is 1.54. The number of carbonyl (C=O) groups is 1. The fourth-order valence-electron chi connectivity index (χ4n) is 2.64. The van der Waals surface area contributed by atoms with Crippen molar-refractivity contribution in [3.8, 4) is 11.4 Å². The number of rotatable bonds is 7. The largest absolute Gasteiger partial charge is 0.493 e. The van der Waals surface area contributed by atoms with E-state index < -0.39 is 0 Å². The highest BCUT2D eigenvalue weighted by Gasteiger charge is 2.17. The van der Waals surface area contributed by atoms with Crippen molar-refractivity contribution in [2.75, 3.05) is 13.7 Å². The van der Waals surface area contributed by atoms with Crippen molar-refractivity contribution < 1.29 is 9.53 Å². The lowest BCUT2D eigenvalue weighted by Crippen LogP contribution is -2.30. The third-order valence-corrected chi connectivity index (χ3v) is 4.36. The Labute approximate surface area is 153 Å². The molecule has 3 rings (SSSR count). The van der Waals surface area contributed by atoms with Gasteiger partial charge in [-0.2, -0.15) is 5.10 Å². The second-order valence-corrected chi connectivity index (χ2v) is 6.02. The molecule has 1 amide bonds. The van der Waals surface area contributed by atoms with Crippen LogP contribution in [0.4, 0.5) is 0 Å². The second-order valence-electron chi connectivity index (χ2n) is 6.02. The van der Waals surface area contributed by atoms with Crippen molar-refractivity contribution >= 4 is 5.91 Å². The van der Waals surface area contributed by atoms with E-state index in [1.807, 2.05) is 68.6 Å². The Morgan fingerprint density at radius 1 is 1.15 bits per heavy atom. The van der Waals surface area contributed by atoms with Crippen LogP contribution in [0.5, 0.6) is 5.75 Å². The van der Waals surface area contributed by atoms with Crippen molar-refractivity contribution in [3.05, 3.63) is 72.8 Å². The number of hydrogen-bond donors (Lipinski definition) is 0. The van der Waals surface area contributed by atoms with E-state index in [1.54, 1.807) is 15.9 Å². The van der Waals surface area contributed by atoms with E-state index in [0.29, 0.717) is 13.0 Å². The zero-order valence-corrected chi connectivity index (χ0v) is 14.9. The molecule has 2 aromatic carbocycles. The molecule has 0 aliphatic carbocycles. The second kappa shape index (κ2) is 8.29. The summed E-state index contributed by atoms with van der Waals surface area (Å²) in [4.78, 5) is 18.1. The van der Waals surface area contributed by atoms with E-state index in [0.717, 1.165) is 17.0 Å². The molecule has 0 bridgehead atoms. The SMILES string of the molecule is C[C@@H](c1ccc(-n2cncn2)cc1)N(C)C(=O)CCOc1ccccc1. The zero-order valence-electron chi connectivity index (χ0n) is 14.9. The maximum absolute atomic E-state index is 12.4. The predicted molar refractivity (Wildman–Crippen MR) is 99.1 cm³/mol. The Hall–Kier alpha value is -3.15. The molecular weight excluding hydrogens is 328 g/mol. The lowest BCUT2D eigenvalue weighted by atomic mass is 10.1. The normalized spacial score (nSPS) is 11.8. The lowest BCUT2D eigenvalue weighted by Gasteiger charge is -2.25. The van der Waals surface area contributed by atoms with E-state index in [-0.39, 0.29) is 11.9 Å². The van der Waals surface area contributed by atoms with E-state index in [9.17, 15) is 4.79 Å². The van der Waals surface area contributed by atoms with Crippen molar-refractivity contribution in [2.45, 2.75) is 19.4 Å². The van der Waals surface area contributed by atoms with E-state index in [2.05, 4.69) is 10.1 Å². The minimum atomic E-state index is -0.0241. The van der Waals surface area contributed by atoms with Gasteiger partial charge in [0.2, 0.25) is 5.91 Å². The summed E-state index contributed by atoms with van der Waals surface area (Å²) in [6.45, 7) is 2.38. The summed E-state index contributed by atoms with van der Waals surface area (Å²) in [7, 11) is 1.82. The molecule has 0 aliphatic rings. The van der Waals surface area contributed by atoms with Crippen molar-refractivity contribution in [1.82, 2.24) is 19.7 Å². The first-order valence-electron chi connectivity index (χ1n) is 8.53. The molecule has 0 saturated heterocycles. The third kappa shape index (κ3) is 4.27. The van der Waals surface area contributed by atoms with Crippen LogP contribution in [0, 0.1) is 0 Å². The third-order valence-electron chi connectivity index (χ3n) is 4.36. The number of amides is 1. The summed E-state index contributed by atoms with van der Waals surface area (Å²) in [6, 6.07) is 17.4. The fraction of sp³-hybridized carbons (Fsp3) is 0.250. The van der Waals surface area contributed by atoms with Gasteiger partial charge in [0.1, 0.15) is 18.4 Å². The van der Waals surface area contributed by atoms with Crippen LogP contribution in [-0.2, 0) is 4.79 Å². The van der Waals surface area contributed by atoms with Crippen LogP contribution in [0.2, 0.25) is 0 Å². The molecule has 0 radical (unpaired) electrons. The first-order chi connectivity index (χ1) is 12.6. The summed E-state index contributed by atoms with van der Waals surface area (Å²) in [5, 5.41) is 4.11. The molecule has 0 fully saturated rings. The molecule has 134 valence electrons. The van der Waals surface area contributed by atoms with Gasteiger partial charge in [-0.25, -0.2) is 9.67 Å². The highest BCUT2D eigenvalue weighted by atomic mass is 16.5. The molecule has 1 aromatic heterocycles. The van der Waals surface area contributed by atoms with E-state index >= 15 is 0 Å². The maximum atomic E-state index is 12.4. The molecule has 6 heteroatoms. The molecule has 0 spiro atoms. The van der Waals surface area contributed by atoms with Crippen LogP contribution in [0.25, 0.3) is 5.69 Å². The van der Waals surface area contributed by atoms with Gasteiger partial charge in [0, 0.05) is 7.05 Å². The monoisotopic (exact) mass is 350 g/mol. The first kappa shape index (κ1) is 17.7. The molecular formula is C20H22N4O2. The molecule has 1 atom stereocenters. The summed E-state index contributed by atoms with van der Waals surface area (Å²) in [5.41, 5.74) is 2.00. The summed E-state index contributed by atoms with van der Waals surface area (Å²) in [6.07, 6.45) is 3.49. The fourth-order valence-corrected chi connectivity index (χ4v) is 2.64. The standard InChI is InChI=1S/C20H22N4O2/c1-16(17-8-10-18(11-9-17)24-15-21-14-22-24)23(2)20(25)12-13-26-19-6-4-3-5-7-19/h3-11,14-16H,12-13H2,1-2H3/t16-/m0/s1. The Bertz CT molecular complexity index is 817. The molecule has 0 saturated carbocycles. The number of para-hydroxylation sites is 1. The molecule has 0 aliphatic heterocycles. The van der Waals surface area contributed by atoms with Gasteiger partial charge in [-0.1, -0.05) is 30.3 Å². The Morgan fingerprint density at radius 3 is 2.54 bits per heavy atom. The van der Waals surface area contributed by atoms with Crippen LogP contribution in [0.15, 0.2) is 67.3 Å². The number of hydrogen-bond acceptors (Lipinski definition) is 4. The number of aromatic nitrogens is 3. The van der Waals surface area contributed by atoms with Crippen molar-refractivity contribution in [1.29, 1.82) is 0 Å². The van der Waals surface area contributed by atoms with Gasteiger partial charge < -0.3 is 9.64 Å². The zero-order chi connectivity index (χ0) is 18.4. The van der Waals surface area contributed by atoms with Gasteiger partial charge in [-0.3, -0.25) is 4.79 Å². The lowest BCUT2D eigenvalue weighted by molar-refractivity contribution is -0.132. The average Bonchev–Trinajstić information content (AvgIpc) is 3.22. The highest BCUT2D eigenvalue weighted by Crippen LogP contribution is 2.21. The van der Waals surface area contributed by atoms with Gasteiger partial charge >= 0.3 is 0 Å². The van der Waals surface area contributed by atoms with Gasteiger partial charge in [-0.15, -0.1) is 0 Å². The molecule has 3 aromatic rings. The minimum Gasteiger partial charge on any atom is -0.493 e. The van der Waals surface area contributed by atoms with Gasteiger partial charge in [0.15, 0.2) is 0 Å². The van der Waals surface area contributed by atoms with E-state index in [1.165, 1.54) is 6.33 Å². The van der Waals surface area contributed by atoms with Crippen LogP contribution in [0.3, 0.4) is 0 Å². The molecule has 1 heterocycles. The number of benzene rings is 2. The summed E-state index contributed by atoms with van der Waals surface area (Å²) in [5.74, 6) is 0.827. The Kier molecular flexibility index (Phi) is 5.63. The van der Waals surface area contributed by atoms with Gasteiger partial charge in [0.25, 0.3) is 0 Å². The van der Waals surface area contributed by atoms with Crippen molar-refractivity contribution in [3.63, 3.8) is 0 Å².